The molecule has 7 heteroatoms. The SMILES string of the molecule is C[C@H](NC(=O)c1ccco1)C(=O)NCC(C)(C)N1CCOCC1. The fraction of sp³-hybridized carbons (Fsp3) is 0.625. The molecule has 0 radical (unpaired) electrons. The Morgan fingerprint density at radius 3 is 2.65 bits per heavy atom. The second-order valence-corrected chi connectivity index (χ2v) is 6.30. The molecular formula is C16H25N3O4. The number of rotatable bonds is 6. The minimum atomic E-state index is -0.631. The summed E-state index contributed by atoms with van der Waals surface area (Å²) in [5.74, 6) is -0.422. The van der Waals surface area contributed by atoms with Crippen LogP contribution < -0.4 is 10.6 Å². The van der Waals surface area contributed by atoms with Crippen LogP contribution in [0.15, 0.2) is 22.8 Å². The van der Waals surface area contributed by atoms with E-state index in [1.807, 2.05) is 0 Å². The number of hydrogen-bond donors (Lipinski definition) is 2. The third-order valence-corrected chi connectivity index (χ3v) is 4.05. The van der Waals surface area contributed by atoms with Gasteiger partial charge in [-0.25, -0.2) is 0 Å². The van der Waals surface area contributed by atoms with Crippen molar-refractivity contribution in [2.45, 2.75) is 32.4 Å². The smallest absolute Gasteiger partial charge is 0.287 e. The summed E-state index contributed by atoms with van der Waals surface area (Å²) in [5.41, 5.74) is -0.163. The zero-order valence-electron chi connectivity index (χ0n) is 13.9. The lowest BCUT2D eigenvalue weighted by Crippen LogP contribution is -2.57. The summed E-state index contributed by atoms with van der Waals surface area (Å²) in [5, 5.41) is 5.52. The van der Waals surface area contributed by atoms with Crippen molar-refractivity contribution in [3.8, 4) is 0 Å². The Morgan fingerprint density at radius 2 is 2.04 bits per heavy atom. The molecule has 2 N–H and O–H groups in total. The molecule has 0 saturated carbocycles. The quantitative estimate of drug-likeness (QED) is 0.802. The van der Waals surface area contributed by atoms with Crippen LogP contribution in [0.1, 0.15) is 31.3 Å². The van der Waals surface area contributed by atoms with Crippen LogP contribution in [0.2, 0.25) is 0 Å². The number of ether oxygens (including phenoxy) is 1. The van der Waals surface area contributed by atoms with Gasteiger partial charge in [0.1, 0.15) is 6.04 Å². The molecule has 1 aromatic heterocycles. The third-order valence-electron chi connectivity index (χ3n) is 4.05. The lowest BCUT2D eigenvalue weighted by atomic mass is 10.0. The third kappa shape index (κ3) is 4.80. The van der Waals surface area contributed by atoms with E-state index in [-0.39, 0.29) is 17.2 Å². The van der Waals surface area contributed by atoms with Gasteiger partial charge in [0.05, 0.1) is 19.5 Å². The molecule has 2 rings (SSSR count). The van der Waals surface area contributed by atoms with Crippen molar-refractivity contribution in [3.63, 3.8) is 0 Å². The zero-order valence-corrected chi connectivity index (χ0v) is 13.9. The molecule has 2 heterocycles. The van der Waals surface area contributed by atoms with E-state index in [1.54, 1.807) is 19.1 Å². The van der Waals surface area contributed by atoms with E-state index in [1.165, 1.54) is 6.26 Å². The molecule has 2 amide bonds. The van der Waals surface area contributed by atoms with Crippen molar-refractivity contribution in [2.24, 2.45) is 0 Å². The van der Waals surface area contributed by atoms with Crippen LogP contribution in [0.4, 0.5) is 0 Å². The highest BCUT2D eigenvalue weighted by Crippen LogP contribution is 2.15. The number of hydrogen-bond acceptors (Lipinski definition) is 5. The average molecular weight is 323 g/mol. The number of amides is 2. The number of carbonyl (C=O) groups is 2. The second kappa shape index (κ2) is 7.61. The Balaban J connectivity index is 1.80. The van der Waals surface area contributed by atoms with Gasteiger partial charge in [-0.15, -0.1) is 0 Å². The van der Waals surface area contributed by atoms with Gasteiger partial charge >= 0.3 is 0 Å². The molecule has 1 aliphatic rings. The molecule has 0 bridgehead atoms. The number of carbonyl (C=O) groups excluding carboxylic acids is 2. The summed E-state index contributed by atoms with van der Waals surface area (Å²) in [7, 11) is 0. The van der Waals surface area contributed by atoms with E-state index in [9.17, 15) is 9.59 Å². The first-order valence-electron chi connectivity index (χ1n) is 7.85. The molecule has 1 atom stereocenters. The van der Waals surface area contributed by atoms with Crippen LogP contribution in [-0.4, -0.2) is 61.1 Å². The standard InChI is InChI=1S/C16H25N3O4/c1-12(18-15(21)13-5-4-8-23-13)14(20)17-11-16(2,3)19-6-9-22-10-7-19/h4-5,8,12H,6-7,9-11H2,1-3H3,(H,17,20)(H,18,21)/t12-/m0/s1. The molecule has 23 heavy (non-hydrogen) atoms. The van der Waals surface area contributed by atoms with Gasteiger partial charge in [0, 0.05) is 25.2 Å². The maximum atomic E-state index is 12.2. The maximum absolute atomic E-state index is 12.2. The van der Waals surface area contributed by atoms with Crippen LogP contribution in [0, 0.1) is 0 Å². The summed E-state index contributed by atoms with van der Waals surface area (Å²) in [6, 6.07) is 2.56. The van der Waals surface area contributed by atoms with E-state index in [0.717, 1.165) is 13.1 Å². The van der Waals surface area contributed by atoms with Gasteiger partial charge in [-0.3, -0.25) is 14.5 Å². The summed E-state index contributed by atoms with van der Waals surface area (Å²) < 4.78 is 10.4. The maximum Gasteiger partial charge on any atom is 0.287 e. The molecule has 1 aromatic rings. The van der Waals surface area contributed by atoms with Gasteiger partial charge in [-0.1, -0.05) is 0 Å². The minimum Gasteiger partial charge on any atom is -0.459 e. The van der Waals surface area contributed by atoms with E-state index in [0.29, 0.717) is 19.8 Å². The largest absolute Gasteiger partial charge is 0.459 e. The Kier molecular flexibility index (Phi) is 5.79. The fourth-order valence-corrected chi connectivity index (χ4v) is 2.48. The Morgan fingerprint density at radius 1 is 1.35 bits per heavy atom. The van der Waals surface area contributed by atoms with Gasteiger partial charge < -0.3 is 19.8 Å². The first-order valence-corrected chi connectivity index (χ1v) is 7.85. The summed E-state index contributed by atoms with van der Waals surface area (Å²) in [6.07, 6.45) is 1.42. The van der Waals surface area contributed by atoms with Crippen molar-refractivity contribution < 1.29 is 18.7 Å². The number of morpholine rings is 1. The lowest BCUT2D eigenvalue weighted by Gasteiger charge is -2.41. The summed E-state index contributed by atoms with van der Waals surface area (Å²) >= 11 is 0. The molecule has 0 aromatic carbocycles. The van der Waals surface area contributed by atoms with Crippen LogP contribution in [0.3, 0.4) is 0 Å². The fourth-order valence-electron chi connectivity index (χ4n) is 2.48. The minimum absolute atomic E-state index is 0.163. The van der Waals surface area contributed by atoms with Gasteiger partial charge in [-0.2, -0.15) is 0 Å². The van der Waals surface area contributed by atoms with Crippen LogP contribution in [-0.2, 0) is 9.53 Å². The van der Waals surface area contributed by atoms with Crippen molar-refractivity contribution in [1.82, 2.24) is 15.5 Å². The van der Waals surface area contributed by atoms with Gasteiger partial charge in [-0.05, 0) is 32.9 Å². The van der Waals surface area contributed by atoms with Crippen LogP contribution in [0.5, 0.6) is 0 Å². The highest BCUT2D eigenvalue weighted by atomic mass is 16.5. The van der Waals surface area contributed by atoms with Crippen LogP contribution in [0.25, 0.3) is 0 Å². The van der Waals surface area contributed by atoms with E-state index in [2.05, 4.69) is 29.4 Å². The van der Waals surface area contributed by atoms with E-state index >= 15 is 0 Å². The average Bonchev–Trinajstić information content (AvgIpc) is 3.08. The van der Waals surface area contributed by atoms with Crippen molar-refractivity contribution in [1.29, 1.82) is 0 Å². The number of furan rings is 1. The second-order valence-electron chi connectivity index (χ2n) is 6.30. The topological polar surface area (TPSA) is 83.8 Å². The van der Waals surface area contributed by atoms with Gasteiger partial charge in [0.2, 0.25) is 5.91 Å². The molecule has 1 aliphatic heterocycles. The normalized spacial score (nSPS) is 17.5. The zero-order chi connectivity index (χ0) is 16.9. The van der Waals surface area contributed by atoms with Crippen molar-refractivity contribution >= 4 is 11.8 Å². The summed E-state index contributed by atoms with van der Waals surface area (Å²) in [6.45, 7) is 9.47. The Bertz CT molecular complexity index is 521. The van der Waals surface area contributed by atoms with Crippen molar-refractivity contribution in [3.05, 3.63) is 24.2 Å². The molecule has 1 saturated heterocycles. The molecule has 1 fully saturated rings. The molecule has 0 unspecified atom stereocenters. The molecule has 0 aliphatic carbocycles. The highest BCUT2D eigenvalue weighted by molar-refractivity contribution is 5.95. The lowest BCUT2D eigenvalue weighted by molar-refractivity contribution is -0.123. The van der Waals surface area contributed by atoms with E-state index in [4.69, 9.17) is 9.15 Å². The van der Waals surface area contributed by atoms with Crippen molar-refractivity contribution in [2.75, 3.05) is 32.8 Å². The highest BCUT2D eigenvalue weighted by Gasteiger charge is 2.29. The van der Waals surface area contributed by atoms with E-state index < -0.39 is 11.9 Å². The number of nitrogens with one attached hydrogen (secondary N) is 2. The predicted molar refractivity (Wildman–Crippen MR) is 85.1 cm³/mol. The number of nitrogens with zero attached hydrogens (tertiary/aromatic N) is 1. The molecular weight excluding hydrogens is 298 g/mol. The molecule has 7 nitrogen and oxygen atoms in total. The first-order chi connectivity index (χ1) is 10.9. The Labute approximate surface area is 136 Å². The molecule has 0 spiro atoms. The van der Waals surface area contributed by atoms with Crippen LogP contribution >= 0.6 is 0 Å². The predicted octanol–water partition coefficient (Wildman–Crippen LogP) is 0.625. The Hall–Kier alpha value is -1.86. The van der Waals surface area contributed by atoms with Gasteiger partial charge in [0.15, 0.2) is 5.76 Å². The summed E-state index contributed by atoms with van der Waals surface area (Å²) in [4.78, 5) is 26.3. The van der Waals surface area contributed by atoms with Gasteiger partial charge in [0.25, 0.3) is 5.91 Å². The first kappa shape index (κ1) is 17.5. The monoisotopic (exact) mass is 323 g/mol. The molecule has 128 valence electrons.